The molecule has 0 heterocycles. The van der Waals surface area contributed by atoms with Gasteiger partial charge in [-0.05, 0) is 25.7 Å². The van der Waals surface area contributed by atoms with Gasteiger partial charge < -0.3 is 20.1 Å². The Morgan fingerprint density at radius 2 is 1.86 bits per heavy atom. The number of amides is 2. The van der Waals surface area contributed by atoms with Gasteiger partial charge >= 0.3 is 18.0 Å². The Bertz CT molecular complexity index is 357. The summed E-state index contributed by atoms with van der Waals surface area (Å²) in [4.78, 5) is 36.0. The first-order valence-electron chi connectivity index (χ1n) is 7.25. The second-order valence-electron chi connectivity index (χ2n) is 5.20. The maximum absolute atomic E-state index is 12.1. The van der Waals surface area contributed by atoms with Gasteiger partial charge in [0, 0.05) is 6.54 Å². The van der Waals surface area contributed by atoms with E-state index in [2.05, 4.69) is 5.32 Å². The van der Waals surface area contributed by atoms with Crippen molar-refractivity contribution in [1.29, 1.82) is 0 Å². The maximum atomic E-state index is 12.1. The van der Waals surface area contributed by atoms with Crippen LogP contribution in [-0.2, 0) is 14.3 Å². The first-order chi connectivity index (χ1) is 9.81. The van der Waals surface area contributed by atoms with Crippen LogP contribution in [0, 0.1) is 5.92 Å². The average Bonchev–Trinajstić information content (AvgIpc) is 2.36. The summed E-state index contributed by atoms with van der Waals surface area (Å²) in [6.07, 6.45) is 0.995. The average molecular weight is 302 g/mol. The van der Waals surface area contributed by atoms with E-state index in [1.807, 2.05) is 20.8 Å². The number of carbonyl (C=O) groups excluding carboxylic acids is 2. The molecule has 0 saturated carbocycles. The van der Waals surface area contributed by atoms with Crippen LogP contribution >= 0.6 is 0 Å². The molecule has 0 bridgehead atoms. The van der Waals surface area contributed by atoms with Crippen molar-refractivity contribution in [2.75, 3.05) is 19.7 Å². The van der Waals surface area contributed by atoms with Gasteiger partial charge in [-0.3, -0.25) is 4.79 Å². The van der Waals surface area contributed by atoms with Crippen LogP contribution in [0.5, 0.6) is 0 Å². The van der Waals surface area contributed by atoms with E-state index in [1.165, 1.54) is 4.90 Å². The summed E-state index contributed by atoms with van der Waals surface area (Å²) >= 11 is 0. The van der Waals surface area contributed by atoms with E-state index in [4.69, 9.17) is 9.84 Å². The molecule has 0 radical (unpaired) electrons. The smallest absolute Gasteiger partial charge is 0.326 e. The molecule has 1 atom stereocenters. The Morgan fingerprint density at radius 3 is 2.29 bits per heavy atom. The lowest BCUT2D eigenvalue weighted by atomic mass is 10.0. The molecular formula is C14H26N2O5. The second-order valence-corrected chi connectivity index (χ2v) is 5.20. The maximum Gasteiger partial charge on any atom is 0.326 e. The molecule has 0 aliphatic heterocycles. The fraction of sp³-hybridized carbons (Fsp3) is 0.786. The van der Waals surface area contributed by atoms with Gasteiger partial charge in [0.1, 0.15) is 12.6 Å². The van der Waals surface area contributed by atoms with E-state index in [0.717, 1.165) is 0 Å². The number of carbonyl (C=O) groups is 3. The van der Waals surface area contributed by atoms with Gasteiger partial charge in [-0.1, -0.05) is 20.8 Å². The molecule has 0 aromatic carbocycles. The van der Waals surface area contributed by atoms with Gasteiger partial charge in [-0.2, -0.15) is 0 Å². The summed E-state index contributed by atoms with van der Waals surface area (Å²) in [6, 6.07) is -1.52. The van der Waals surface area contributed by atoms with Crippen molar-refractivity contribution >= 4 is 18.0 Å². The fourth-order valence-electron chi connectivity index (χ4n) is 1.82. The fourth-order valence-corrected chi connectivity index (χ4v) is 1.82. The zero-order valence-corrected chi connectivity index (χ0v) is 13.2. The first kappa shape index (κ1) is 19.2. The Morgan fingerprint density at radius 1 is 1.24 bits per heavy atom. The number of hydrogen-bond acceptors (Lipinski definition) is 4. The third kappa shape index (κ3) is 8.16. The van der Waals surface area contributed by atoms with Crippen molar-refractivity contribution in [3.8, 4) is 0 Å². The summed E-state index contributed by atoms with van der Waals surface area (Å²) in [5.41, 5.74) is 0. The van der Waals surface area contributed by atoms with E-state index in [0.29, 0.717) is 19.4 Å². The summed E-state index contributed by atoms with van der Waals surface area (Å²) < 4.78 is 4.81. The number of urea groups is 1. The van der Waals surface area contributed by atoms with Crippen LogP contribution < -0.4 is 5.32 Å². The molecule has 0 aliphatic rings. The predicted octanol–water partition coefficient (Wildman–Crippen LogP) is 1.47. The first-order valence-corrected chi connectivity index (χ1v) is 7.25. The second kappa shape index (κ2) is 10.0. The number of nitrogens with zero attached hydrogens (tertiary/aromatic N) is 1. The number of nitrogens with one attached hydrogen (secondary N) is 1. The Balaban J connectivity index is 4.70. The predicted molar refractivity (Wildman–Crippen MR) is 77.9 cm³/mol. The molecule has 0 fully saturated rings. The standard InChI is InChI=1S/C14H26N2O5/c1-5-7-16(9-12(17)21-6-2)14(20)15-11(13(18)19)8-10(3)4/h10-11H,5-9H2,1-4H3,(H,15,20)(H,18,19)/t11-/m0/s1. The van der Waals surface area contributed by atoms with Gasteiger partial charge in [0.25, 0.3) is 0 Å². The summed E-state index contributed by atoms with van der Waals surface area (Å²) in [5, 5.41) is 11.6. The molecule has 0 spiro atoms. The molecule has 7 heteroatoms. The van der Waals surface area contributed by atoms with Gasteiger partial charge in [-0.25, -0.2) is 9.59 Å². The van der Waals surface area contributed by atoms with Gasteiger partial charge in [0.15, 0.2) is 0 Å². The van der Waals surface area contributed by atoms with Crippen molar-refractivity contribution in [1.82, 2.24) is 10.2 Å². The quantitative estimate of drug-likeness (QED) is 0.629. The minimum Gasteiger partial charge on any atom is -0.480 e. The van der Waals surface area contributed by atoms with Crippen LogP contribution in [0.4, 0.5) is 4.79 Å². The topological polar surface area (TPSA) is 95.9 Å². The Hall–Kier alpha value is -1.79. The lowest BCUT2D eigenvalue weighted by molar-refractivity contribution is -0.143. The van der Waals surface area contributed by atoms with E-state index < -0.39 is 24.0 Å². The van der Waals surface area contributed by atoms with Crippen molar-refractivity contribution in [2.24, 2.45) is 5.92 Å². The highest BCUT2D eigenvalue weighted by molar-refractivity contribution is 5.85. The number of aliphatic carboxylic acids is 1. The number of carboxylic acid groups (broad SMARTS) is 1. The Labute approximate surface area is 125 Å². The van der Waals surface area contributed by atoms with E-state index in [9.17, 15) is 14.4 Å². The number of rotatable bonds is 9. The van der Waals surface area contributed by atoms with Crippen LogP contribution in [-0.4, -0.2) is 53.7 Å². The third-order valence-electron chi connectivity index (χ3n) is 2.71. The number of esters is 1. The highest BCUT2D eigenvalue weighted by Gasteiger charge is 2.25. The minimum atomic E-state index is -1.08. The minimum absolute atomic E-state index is 0.135. The highest BCUT2D eigenvalue weighted by Crippen LogP contribution is 2.06. The lowest BCUT2D eigenvalue weighted by Crippen LogP contribution is -2.50. The summed E-state index contributed by atoms with van der Waals surface area (Å²) in [6.45, 7) is 7.74. The molecule has 0 aromatic rings. The van der Waals surface area contributed by atoms with Gasteiger partial charge in [0.2, 0.25) is 0 Å². The van der Waals surface area contributed by atoms with E-state index >= 15 is 0 Å². The Kier molecular flexibility index (Phi) is 9.16. The monoisotopic (exact) mass is 302 g/mol. The molecule has 0 saturated heterocycles. The van der Waals surface area contributed by atoms with Crippen LogP contribution in [0.15, 0.2) is 0 Å². The summed E-state index contributed by atoms with van der Waals surface area (Å²) in [5.74, 6) is -1.45. The highest BCUT2D eigenvalue weighted by atomic mass is 16.5. The third-order valence-corrected chi connectivity index (χ3v) is 2.71. The largest absolute Gasteiger partial charge is 0.480 e. The lowest BCUT2D eigenvalue weighted by Gasteiger charge is -2.24. The van der Waals surface area contributed by atoms with Crippen LogP contribution in [0.1, 0.15) is 40.5 Å². The van der Waals surface area contributed by atoms with Crippen LogP contribution in [0.25, 0.3) is 0 Å². The molecule has 0 aromatic heterocycles. The number of hydrogen-bond donors (Lipinski definition) is 2. The molecule has 0 unspecified atom stereocenters. The van der Waals surface area contributed by atoms with Crippen molar-refractivity contribution in [3.05, 3.63) is 0 Å². The van der Waals surface area contributed by atoms with Crippen molar-refractivity contribution in [2.45, 2.75) is 46.6 Å². The molecule has 0 aliphatic carbocycles. The van der Waals surface area contributed by atoms with Crippen LogP contribution in [0.2, 0.25) is 0 Å². The molecule has 2 N–H and O–H groups in total. The normalized spacial score (nSPS) is 11.9. The molecule has 7 nitrogen and oxygen atoms in total. The molecule has 122 valence electrons. The van der Waals surface area contributed by atoms with Gasteiger partial charge in [-0.15, -0.1) is 0 Å². The van der Waals surface area contributed by atoms with Crippen LogP contribution in [0.3, 0.4) is 0 Å². The van der Waals surface area contributed by atoms with E-state index in [1.54, 1.807) is 6.92 Å². The molecule has 2 amide bonds. The zero-order valence-electron chi connectivity index (χ0n) is 13.2. The van der Waals surface area contributed by atoms with E-state index in [-0.39, 0.29) is 19.1 Å². The van der Waals surface area contributed by atoms with Crippen molar-refractivity contribution in [3.63, 3.8) is 0 Å². The van der Waals surface area contributed by atoms with Crippen molar-refractivity contribution < 1.29 is 24.2 Å². The zero-order chi connectivity index (χ0) is 16.4. The number of carboxylic acids is 1. The number of ether oxygens (including phenoxy) is 1. The molecule has 0 rings (SSSR count). The SMILES string of the molecule is CCCN(CC(=O)OCC)C(=O)N[C@@H](CC(C)C)C(=O)O. The molecular weight excluding hydrogens is 276 g/mol. The molecule has 21 heavy (non-hydrogen) atoms. The summed E-state index contributed by atoms with van der Waals surface area (Å²) in [7, 11) is 0. The van der Waals surface area contributed by atoms with Gasteiger partial charge in [0.05, 0.1) is 6.61 Å².